The highest BCUT2D eigenvalue weighted by Crippen LogP contribution is 2.31. The smallest absolute Gasteiger partial charge is 0.0455 e. The fraction of sp³-hybridized carbons (Fsp3) is 0.294. The molecule has 0 fully saturated rings. The second-order valence-corrected chi connectivity index (χ2v) is 5.81. The number of fused-ring (bicyclic) bond motifs is 1. The van der Waals surface area contributed by atoms with Crippen molar-refractivity contribution < 1.29 is 0 Å². The summed E-state index contributed by atoms with van der Waals surface area (Å²) >= 11 is 6.17. The van der Waals surface area contributed by atoms with E-state index in [0.29, 0.717) is 5.92 Å². The number of benzene rings is 2. The van der Waals surface area contributed by atoms with Crippen LogP contribution < -0.4 is 5.32 Å². The molecule has 0 amide bonds. The first kappa shape index (κ1) is 12.6. The average molecular weight is 272 g/mol. The molecule has 2 aromatic rings. The molecule has 0 bridgehead atoms. The molecular formula is C17H18ClN. The predicted molar refractivity (Wildman–Crippen MR) is 82.0 cm³/mol. The van der Waals surface area contributed by atoms with E-state index in [1.807, 2.05) is 0 Å². The van der Waals surface area contributed by atoms with Gasteiger partial charge in [0.1, 0.15) is 0 Å². The van der Waals surface area contributed by atoms with Crippen molar-refractivity contribution in [2.75, 3.05) is 11.9 Å². The summed E-state index contributed by atoms with van der Waals surface area (Å²) in [4.78, 5) is 0. The summed E-state index contributed by atoms with van der Waals surface area (Å²) in [5.41, 5.74) is 5.19. The van der Waals surface area contributed by atoms with Gasteiger partial charge in [0.2, 0.25) is 0 Å². The lowest BCUT2D eigenvalue weighted by Gasteiger charge is -2.27. The minimum Gasteiger partial charge on any atom is -0.384 e. The molecule has 1 aliphatic rings. The molecule has 1 heterocycles. The van der Waals surface area contributed by atoms with Crippen molar-refractivity contribution in [3.63, 3.8) is 0 Å². The molecule has 3 rings (SSSR count). The van der Waals surface area contributed by atoms with Crippen molar-refractivity contribution in [1.82, 2.24) is 0 Å². The molecule has 1 N–H and O–H groups in total. The van der Waals surface area contributed by atoms with E-state index in [1.165, 1.54) is 22.4 Å². The third kappa shape index (κ3) is 2.76. The Kier molecular flexibility index (Phi) is 3.48. The summed E-state index contributed by atoms with van der Waals surface area (Å²) < 4.78 is 0. The molecule has 98 valence electrons. The maximum atomic E-state index is 6.17. The van der Waals surface area contributed by atoms with Gasteiger partial charge in [-0.25, -0.2) is 0 Å². The van der Waals surface area contributed by atoms with Gasteiger partial charge in [0.15, 0.2) is 0 Å². The van der Waals surface area contributed by atoms with Crippen LogP contribution in [-0.2, 0) is 12.8 Å². The first-order valence-electron chi connectivity index (χ1n) is 6.79. The molecule has 0 saturated carbocycles. The van der Waals surface area contributed by atoms with Crippen molar-refractivity contribution in [3.8, 4) is 0 Å². The molecule has 1 aliphatic heterocycles. The highest BCUT2D eigenvalue weighted by atomic mass is 35.5. The van der Waals surface area contributed by atoms with Gasteiger partial charge < -0.3 is 5.32 Å². The SMILES string of the molecule is Cc1cc2c(cc1Cl)NCC(Cc1ccccc1)C2. The molecule has 2 heteroatoms. The van der Waals surface area contributed by atoms with E-state index in [9.17, 15) is 0 Å². The molecule has 0 aromatic heterocycles. The van der Waals surface area contributed by atoms with Gasteiger partial charge in [-0.2, -0.15) is 0 Å². The Bertz CT molecular complexity index is 577. The van der Waals surface area contributed by atoms with E-state index in [1.54, 1.807) is 0 Å². The van der Waals surface area contributed by atoms with E-state index < -0.39 is 0 Å². The van der Waals surface area contributed by atoms with Crippen LogP contribution in [0.2, 0.25) is 5.02 Å². The fourth-order valence-corrected chi connectivity index (χ4v) is 2.97. The molecule has 0 radical (unpaired) electrons. The Balaban J connectivity index is 1.77. The Labute approximate surface area is 119 Å². The Morgan fingerprint density at radius 3 is 2.79 bits per heavy atom. The fourth-order valence-electron chi connectivity index (χ4n) is 2.80. The Morgan fingerprint density at radius 1 is 1.21 bits per heavy atom. The zero-order chi connectivity index (χ0) is 13.2. The number of halogens is 1. The first-order chi connectivity index (χ1) is 9.22. The molecule has 2 aromatic carbocycles. The highest BCUT2D eigenvalue weighted by molar-refractivity contribution is 6.31. The quantitative estimate of drug-likeness (QED) is 0.849. The van der Waals surface area contributed by atoms with Crippen LogP contribution in [0.4, 0.5) is 5.69 Å². The van der Waals surface area contributed by atoms with Crippen molar-refractivity contribution in [1.29, 1.82) is 0 Å². The van der Waals surface area contributed by atoms with Crippen LogP contribution in [0.3, 0.4) is 0 Å². The van der Waals surface area contributed by atoms with Crippen molar-refractivity contribution in [2.24, 2.45) is 5.92 Å². The van der Waals surface area contributed by atoms with Gasteiger partial charge in [-0.3, -0.25) is 0 Å². The summed E-state index contributed by atoms with van der Waals surface area (Å²) in [5.74, 6) is 0.662. The molecule has 1 nitrogen and oxygen atoms in total. The summed E-state index contributed by atoms with van der Waals surface area (Å²) in [7, 11) is 0. The molecular weight excluding hydrogens is 254 g/mol. The standard InChI is InChI=1S/C17H18ClN/c1-12-7-15-9-14(8-13-5-3-2-4-6-13)11-19-17(15)10-16(12)18/h2-7,10,14,19H,8-9,11H2,1H3. The third-order valence-electron chi connectivity index (χ3n) is 3.84. The normalized spacial score (nSPS) is 17.7. The van der Waals surface area contributed by atoms with Crippen LogP contribution in [0, 0.1) is 12.8 Å². The van der Waals surface area contributed by atoms with Crippen LogP contribution in [0.25, 0.3) is 0 Å². The zero-order valence-corrected chi connectivity index (χ0v) is 11.9. The largest absolute Gasteiger partial charge is 0.384 e. The van der Waals surface area contributed by atoms with Crippen molar-refractivity contribution in [2.45, 2.75) is 19.8 Å². The second kappa shape index (κ2) is 5.26. The van der Waals surface area contributed by atoms with Gasteiger partial charge in [0.25, 0.3) is 0 Å². The maximum Gasteiger partial charge on any atom is 0.0455 e. The summed E-state index contributed by atoms with van der Waals surface area (Å²) in [6, 6.07) is 15.0. The molecule has 19 heavy (non-hydrogen) atoms. The number of hydrogen-bond acceptors (Lipinski definition) is 1. The number of nitrogens with one attached hydrogen (secondary N) is 1. The van der Waals surface area contributed by atoms with Gasteiger partial charge in [-0.15, -0.1) is 0 Å². The Morgan fingerprint density at radius 2 is 2.00 bits per heavy atom. The predicted octanol–water partition coefficient (Wildman–Crippen LogP) is 4.48. The number of hydrogen-bond donors (Lipinski definition) is 1. The molecule has 1 atom stereocenters. The van der Waals surface area contributed by atoms with Crippen molar-refractivity contribution in [3.05, 3.63) is 64.2 Å². The van der Waals surface area contributed by atoms with Crippen LogP contribution in [-0.4, -0.2) is 6.54 Å². The highest BCUT2D eigenvalue weighted by Gasteiger charge is 2.19. The van der Waals surface area contributed by atoms with Gasteiger partial charge in [0, 0.05) is 17.3 Å². The molecule has 0 aliphatic carbocycles. The zero-order valence-electron chi connectivity index (χ0n) is 11.1. The van der Waals surface area contributed by atoms with E-state index in [-0.39, 0.29) is 0 Å². The summed E-state index contributed by atoms with van der Waals surface area (Å²) in [6.45, 7) is 3.10. The van der Waals surface area contributed by atoms with Crippen LogP contribution in [0.5, 0.6) is 0 Å². The van der Waals surface area contributed by atoms with Gasteiger partial charge in [0.05, 0.1) is 0 Å². The number of anilines is 1. The van der Waals surface area contributed by atoms with Crippen molar-refractivity contribution >= 4 is 17.3 Å². The lowest BCUT2D eigenvalue weighted by atomic mass is 9.88. The Hall–Kier alpha value is -1.47. The van der Waals surface area contributed by atoms with E-state index in [2.05, 4.69) is 54.7 Å². The topological polar surface area (TPSA) is 12.0 Å². The monoisotopic (exact) mass is 271 g/mol. The molecule has 0 saturated heterocycles. The van der Waals surface area contributed by atoms with Gasteiger partial charge in [-0.05, 0) is 48.4 Å². The lowest BCUT2D eigenvalue weighted by molar-refractivity contribution is 0.535. The number of rotatable bonds is 2. The number of aryl methyl sites for hydroxylation is 1. The average Bonchev–Trinajstić information content (AvgIpc) is 2.42. The van der Waals surface area contributed by atoms with E-state index in [4.69, 9.17) is 11.6 Å². The molecule has 0 spiro atoms. The second-order valence-electron chi connectivity index (χ2n) is 5.40. The summed E-state index contributed by atoms with van der Waals surface area (Å²) in [5, 5.41) is 4.37. The maximum absolute atomic E-state index is 6.17. The minimum absolute atomic E-state index is 0.662. The van der Waals surface area contributed by atoms with Crippen LogP contribution in [0.15, 0.2) is 42.5 Å². The third-order valence-corrected chi connectivity index (χ3v) is 4.25. The minimum atomic E-state index is 0.662. The summed E-state index contributed by atoms with van der Waals surface area (Å²) in [6.07, 6.45) is 2.27. The first-order valence-corrected chi connectivity index (χ1v) is 7.17. The van der Waals surface area contributed by atoms with E-state index in [0.717, 1.165) is 24.4 Å². The van der Waals surface area contributed by atoms with Crippen LogP contribution in [0.1, 0.15) is 16.7 Å². The van der Waals surface area contributed by atoms with E-state index >= 15 is 0 Å². The van der Waals surface area contributed by atoms with Gasteiger partial charge in [-0.1, -0.05) is 48.0 Å². The van der Waals surface area contributed by atoms with Crippen LogP contribution >= 0.6 is 11.6 Å². The lowest BCUT2D eigenvalue weighted by Crippen LogP contribution is -2.25. The van der Waals surface area contributed by atoms with Gasteiger partial charge >= 0.3 is 0 Å². The molecule has 1 unspecified atom stereocenters.